The summed E-state index contributed by atoms with van der Waals surface area (Å²) in [4.78, 5) is 13.8. The largest absolute Gasteiger partial charge is 0.317 e. The van der Waals surface area contributed by atoms with Crippen LogP contribution in [0.4, 0.5) is 8.78 Å². The SMILES string of the molecule is O=c1[nH]c(I)cc2c(F)cc(F)cc12. The maximum atomic E-state index is 13.2. The average Bonchev–Trinajstić information content (AvgIpc) is 2.07. The summed E-state index contributed by atoms with van der Waals surface area (Å²) in [6.45, 7) is 0. The molecule has 1 aromatic carbocycles. The lowest BCUT2D eigenvalue weighted by Crippen LogP contribution is -2.08. The molecule has 0 atom stereocenters. The van der Waals surface area contributed by atoms with Gasteiger partial charge in [0.05, 0.1) is 9.09 Å². The number of halogens is 3. The number of nitrogens with one attached hydrogen (secondary N) is 1. The quantitative estimate of drug-likeness (QED) is 0.588. The van der Waals surface area contributed by atoms with E-state index in [4.69, 9.17) is 0 Å². The zero-order valence-corrected chi connectivity index (χ0v) is 8.93. The van der Waals surface area contributed by atoms with Crippen molar-refractivity contribution in [2.24, 2.45) is 0 Å². The van der Waals surface area contributed by atoms with E-state index in [9.17, 15) is 13.6 Å². The first kappa shape index (κ1) is 9.57. The predicted octanol–water partition coefficient (Wildman–Crippen LogP) is 2.41. The maximum absolute atomic E-state index is 13.2. The van der Waals surface area contributed by atoms with Crippen LogP contribution in [-0.4, -0.2) is 4.98 Å². The van der Waals surface area contributed by atoms with Crippen molar-refractivity contribution in [2.45, 2.75) is 0 Å². The van der Waals surface area contributed by atoms with Gasteiger partial charge in [0.1, 0.15) is 11.6 Å². The lowest BCUT2D eigenvalue weighted by atomic mass is 10.1. The molecule has 1 heterocycles. The Balaban J connectivity index is 3.02. The van der Waals surface area contributed by atoms with Crippen LogP contribution in [-0.2, 0) is 0 Å². The van der Waals surface area contributed by atoms with E-state index in [1.807, 2.05) is 22.6 Å². The van der Waals surface area contributed by atoms with Crippen molar-refractivity contribution in [1.82, 2.24) is 4.98 Å². The van der Waals surface area contributed by atoms with Crippen molar-refractivity contribution in [3.05, 3.63) is 43.9 Å². The molecule has 0 saturated carbocycles. The summed E-state index contributed by atoms with van der Waals surface area (Å²) in [6, 6.07) is 3.25. The number of pyridine rings is 1. The molecule has 0 unspecified atom stereocenters. The molecule has 0 aliphatic carbocycles. The first-order valence-corrected chi connectivity index (χ1v) is 4.83. The van der Waals surface area contributed by atoms with Crippen molar-refractivity contribution < 1.29 is 8.78 Å². The van der Waals surface area contributed by atoms with Gasteiger partial charge >= 0.3 is 0 Å². The molecule has 5 heteroatoms. The molecule has 0 amide bonds. The molecular weight excluding hydrogens is 303 g/mol. The minimum atomic E-state index is -0.748. The van der Waals surface area contributed by atoms with Gasteiger partial charge in [-0.05, 0) is 34.7 Å². The van der Waals surface area contributed by atoms with Crippen LogP contribution >= 0.6 is 22.6 Å². The van der Waals surface area contributed by atoms with Gasteiger partial charge in [-0.3, -0.25) is 4.79 Å². The van der Waals surface area contributed by atoms with Crippen molar-refractivity contribution in [3.8, 4) is 0 Å². The Labute approximate surface area is 91.1 Å². The summed E-state index contributed by atoms with van der Waals surface area (Å²) in [7, 11) is 0. The van der Waals surface area contributed by atoms with Crippen molar-refractivity contribution in [2.75, 3.05) is 0 Å². The third-order valence-corrected chi connectivity index (χ3v) is 2.42. The molecule has 0 aliphatic rings. The third kappa shape index (κ3) is 1.52. The Bertz CT molecular complexity index is 564. The predicted molar refractivity (Wildman–Crippen MR) is 57.2 cm³/mol. The van der Waals surface area contributed by atoms with Crippen LogP contribution < -0.4 is 5.56 Å². The number of rotatable bonds is 0. The molecule has 72 valence electrons. The molecule has 2 rings (SSSR count). The first-order chi connectivity index (χ1) is 6.58. The van der Waals surface area contributed by atoms with E-state index in [0.29, 0.717) is 3.70 Å². The zero-order valence-electron chi connectivity index (χ0n) is 6.77. The second-order valence-corrected chi connectivity index (χ2v) is 3.96. The van der Waals surface area contributed by atoms with Gasteiger partial charge in [-0.25, -0.2) is 8.78 Å². The fourth-order valence-corrected chi connectivity index (χ4v) is 1.81. The van der Waals surface area contributed by atoms with Crippen LogP contribution in [0.5, 0.6) is 0 Å². The number of aromatic nitrogens is 1. The molecule has 0 spiro atoms. The highest BCUT2D eigenvalue weighted by atomic mass is 127. The highest BCUT2D eigenvalue weighted by Crippen LogP contribution is 2.17. The Morgan fingerprint density at radius 2 is 1.86 bits per heavy atom. The molecule has 2 nitrogen and oxygen atoms in total. The number of H-pyrrole nitrogens is 1. The van der Waals surface area contributed by atoms with Crippen LogP contribution in [0.3, 0.4) is 0 Å². The molecular formula is C9H4F2INO. The van der Waals surface area contributed by atoms with Gasteiger partial charge in [-0.2, -0.15) is 0 Å². The Morgan fingerprint density at radius 1 is 1.14 bits per heavy atom. The van der Waals surface area contributed by atoms with Gasteiger partial charge in [0.2, 0.25) is 0 Å². The van der Waals surface area contributed by atoms with Gasteiger partial charge in [0.15, 0.2) is 0 Å². The maximum Gasteiger partial charge on any atom is 0.256 e. The highest BCUT2D eigenvalue weighted by Gasteiger charge is 2.07. The first-order valence-electron chi connectivity index (χ1n) is 3.75. The van der Waals surface area contributed by atoms with E-state index in [1.54, 1.807) is 0 Å². The van der Waals surface area contributed by atoms with Crippen LogP contribution in [0.15, 0.2) is 23.0 Å². The lowest BCUT2D eigenvalue weighted by Gasteiger charge is -1.99. The number of benzene rings is 1. The normalized spacial score (nSPS) is 10.8. The second-order valence-electron chi connectivity index (χ2n) is 2.80. The smallest absolute Gasteiger partial charge is 0.256 e. The van der Waals surface area contributed by atoms with Crippen LogP contribution in [0.2, 0.25) is 0 Å². The molecule has 14 heavy (non-hydrogen) atoms. The number of aromatic amines is 1. The monoisotopic (exact) mass is 307 g/mol. The van der Waals surface area contributed by atoms with E-state index in [1.165, 1.54) is 6.07 Å². The lowest BCUT2D eigenvalue weighted by molar-refractivity contribution is 0.591. The summed E-state index contributed by atoms with van der Waals surface area (Å²) in [5, 5.41) is 0.169. The summed E-state index contributed by atoms with van der Waals surface area (Å²) in [6.07, 6.45) is 0. The summed E-state index contributed by atoms with van der Waals surface area (Å²) >= 11 is 1.86. The Morgan fingerprint density at radius 3 is 2.57 bits per heavy atom. The van der Waals surface area contributed by atoms with Crippen LogP contribution in [0.25, 0.3) is 10.8 Å². The fraction of sp³-hybridized carbons (Fsp3) is 0. The Kier molecular flexibility index (Phi) is 2.26. The van der Waals surface area contributed by atoms with E-state index in [0.717, 1.165) is 12.1 Å². The Hall–Kier alpha value is -0.980. The van der Waals surface area contributed by atoms with Gasteiger partial charge in [-0.1, -0.05) is 0 Å². The van der Waals surface area contributed by atoms with Crippen molar-refractivity contribution in [3.63, 3.8) is 0 Å². The summed E-state index contributed by atoms with van der Waals surface area (Å²) in [5.74, 6) is -1.47. The minimum absolute atomic E-state index is 0.0305. The number of hydrogen-bond donors (Lipinski definition) is 1. The molecule has 0 bridgehead atoms. The van der Waals surface area contributed by atoms with E-state index in [2.05, 4.69) is 4.98 Å². The van der Waals surface area contributed by atoms with Crippen molar-refractivity contribution in [1.29, 1.82) is 0 Å². The standard InChI is InChI=1S/C9H4F2INO/c10-4-1-6-5(7(11)2-4)3-8(12)13-9(6)14/h1-3H,(H,13,14). The minimum Gasteiger partial charge on any atom is -0.317 e. The molecule has 1 N–H and O–H groups in total. The highest BCUT2D eigenvalue weighted by molar-refractivity contribution is 14.1. The molecule has 2 aromatic rings. The van der Waals surface area contributed by atoms with Gasteiger partial charge in [-0.15, -0.1) is 0 Å². The fourth-order valence-electron chi connectivity index (χ4n) is 1.26. The van der Waals surface area contributed by atoms with Gasteiger partial charge in [0, 0.05) is 11.5 Å². The third-order valence-electron chi connectivity index (χ3n) is 1.84. The topological polar surface area (TPSA) is 32.9 Å². The van der Waals surface area contributed by atoms with E-state index < -0.39 is 17.2 Å². The van der Waals surface area contributed by atoms with Crippen LogP contribution in [0, 0.1) is 15.3 Å². The van der Waals surface area contributed by atoms with Crippen LogP contribution in [0.1, 0.15) is 0 Å². The second kappa shape index (κ2) is 3.30. The number of fused-ring (bicyclic) bond motifs is 1. The summed E-state index contributed by atoms with van der Waals surface area (Å²) in [5.41, 5.74) is -0.481. The number of hydrogen-bond acceptors (Lipinski definition) is 1. The molecule has 0 radical (unpaired) electrons. The summed E-state index contributed by atoms with van der Waals surface area (Å²) < 4.78 is 26.5. The molecule has 0 fully saturated rings. The van der Waals surface area contributed by atoms with E-state index in [-0.39, 0.29) is 10.8 Å². The average molecular weight is 307 g/mol. The van der Waals surface area contributed by atoms with E-state index >= 15 is 0 Å². The zero-order chi connectivity index (χ0) is 10.3. The van der Waals surface area contributed by atoms with Gasteiger partial charge < -0.3 is 4.98 Å². The van der Waals surface area contributed by atoms with Gasteiger partial charge in [0.25, 0.3) is 5.56 Å². The molecule has 0 saturated heterocycles. The van der Waals surface area contributed by atoms with Crippen molar-refractivity contribution >= 4 is 33.4 Å². The molecule has 1 aromatic heterocycles. The molecule has 0 aliphatic heterocycles.